The Labute approximate surface area is 204 Å². The molecule has 1 N–H and O–H groups in total. The van der Waals surface area contributed by atoms with E-state index >= 15 is 0 Å². The summed E-state index contributed by atoms with van der Waals surface area (Å²) in [7, 11) is 0. The van der Waals surface area contributed by atoms with Crippen molar-refractivity contribution in [1.29, 1.82) is 0 Å². The molecule has 2 aromatic carbocycles. The summed E-state index contributed by atoms with van der Waals surface area (Å²) in [5.74, 6) is 0.504. The number of carbonyl (C=O) groups is 1. The zero-order valence-corrected chi connectivity index (χ0v) is 20.6. The van der Waals surface area contributed by atoms with Gasteiger partial charge in [0.1, 0.15) is 0 Å². The molecular formula is C26H29N5O2S. The molecule has 2 heterocycles. The van der Waals surface area contributed by atoms with Gasteiger partial charge in [-0.25, -0.2) is 15.4 Å². The number of benzene rings is 2. The van der Waals surface area contributed by atoms with Gasteiger partial charge in [0.05, 0.1) is 18.9 Å². The lowest BCUT2D eigenvalue weighted by atomic mass is 10.1. The van der Waals surface area contributed by atoms with Crippen LogP contribution < -0.4 is 10.3 Å². The molecule has 0 bridgehead atoms. The Morgan fingerprint density at radius 3 is 2.26 bits per heavy atom. The maximum atomic E-state index is 12.5. The third kappa shape index (κ3) is 6.42. The SMILES string of the molecule is C/C(=N\NC(=O)c1ccc(CSc2nc(C)cc(C)n2)cc1)c1ccc(N2CCOCC2)cc1. The first kappa shape index (κ1) is 23.9. The van der Waals surface area contributed by atoms with Crippen molar-refractivity contribution in [3.63, 3.8) is 0 Å². The third-order valence-corrected chi connectivity index (χ3v) is 6.45. The van der Waals surface area contributed by atoms with Crippen molar-refractivity contribution in [2.45, 2.75) is 31.7 Å². The molecular weight excluding hydrogens is 446 g/mol. The topological polar surface area (TPSA) is 79.7 Å². The van der Waals surface area contributed by atoms with E-state index in [2.05, 4.69) is 37.5 Å². The fraction of sp³-hybridized carbons (Fsp3) is 0.308. The predicted octanol–water partition coefficient (Wildman–Crippen LogP) is 4.38. The summed E-state index contributed by atoms with van der Waals surface area (Å²) >= 11 is 1.58. The van der Waals surface area contributed by atoms with Crippen LogP contribution in [0, 0.1) is 13.8 Å². The minimum absolute atomic E-state index is 0.235. The summed E-state index contributed by atoms with van der Waals surface area (Å²) in [6.07, 6.45) is 0. The van der Waals surface area contributed by atoms with E-state index in [-0.39, 0.29) is 5.91 Å². The first-order valence-electron chi connectivity index (χ1n) is 11.3. The van der Waals surface area contributed by atoms with Crippen LogP contribution in [0.3, 0.4) is 0 Å². The normalized spacial score (nSPS) is 14.2. The van der Waals surface area contributed by atoms with Crippen LogP contribution in [-0.4, -0.2) is 47.9 Å². The van der Waals surface area contributed by atoms with Crippen LogP contribution in [0.15, 0.2) is 64.9 Å². The van der Waals surface area contributed by atoms with E-state index in [1.807, 2.05) is 63.2 Å². The van der Waals surface area contributed by atoms with E-state index in [1.54, 1.807) is 11.8 Å². The van der Waals surface area contributed by atoms with Gasteiger partial charge in [0, 0.05) is 41.5 Å². The monoisotopic (exact) mass is 475 g/mol. The summed E-state index contributed by atoms with van der Waals surface area (Å²) in [6, 6.07) is 17.7. The van der Waals surface area contributed by atoms with Crippen molar-refractivity contribution in [3.8, 4) is 0 Å². The first-order chi connectivity index (χ1) is 16.5. The fourth-order valence-electron chi connectivity index (χ4n) is 3.66. The molecule has 0 aliphatic carbocycles. The molecule has 0 unspecified atom stereocenters. The Morgan fingerprint density at radius 2 is 1.62 bits per heavy atom. The lowest BCUT2D eigenvalue weighted by Crippen LogP contribution is -2.36. The highest BCUT2D eigenvalue weighted by Gasteiger charge is 2.11. The van der Waals surface area contributed by atoms with E-state index in [1.165, 1.54) is 5.69 Å². The quantitative estimate of drug-likeness (QED) is 0.237. The lowest BCUT2D eigenvalue weighted by molar-refractivity contribution is 0.0955. The zero-order valence-electron chi connectivity index (χ0n) is 19.7. The molecule has 0 spiro atoms. The Hall–Kier alpha value is -3.23. The molecule has 1 saturated heterocycles. The third-order valence-electron chi connectivity index (χ3n) is 5.53. The van der Waals surface area contributed by atoms with E-state index in [0.717, 1.165) is 65.4 Å². The average Bonchev–Trinajstić information content (AvgIpc) is 2.86. The number of ether oxygens (including phenoxy) is 1. The number of nitrogens with zero attached hydrogens (tertiary/aromatic N) is 4. The highest BCUT2D eigenvalue weighted by Crippen LogP contribution is 2.20. The van der Waals surface area contributed by atoms with Crippen molar-refractivity contribution in [1.82, 2.24) is 15.4 Å². The van der Waals surface area contributed by atoms with E-state index < -0.39 is 0 Å². The van der Waals surface area contributed by atoms with E-state index in [4.69, 9.17) is 4.74 Å². The van der Waals surface area contributed by atoms with Crippen LogP contribution in [0.1, 0.15) is 39.8 Å². The fourth-order valence-corrected chi connectivity index (χ4v) is 4.56. The van der Waals surface area contributed by atoms with Gasteiger partial charge < -0.3 is 9.64 Å². The Balaban J connectivity index is 1.31. The Bertz CT molecular complexity index is 1140. The van der Waals surface area contributed by atoms with Crippen LogP contribution >= 0.6 is 11.8 Å². The van der Waals surface area contributed by atoms with Crippen molar-refractivity contribution < 1.29 is 9.53 Å². The van der Waals surface area contributed by atoms with Gasteiger partial charge in [-0.3, -0.25) is 4.79 Å². The molecule has 176 valence electrons. The van der Waals surface area contributed by atoms with Gasteiger partial charge >= 0.3 is 0 Å². The largest absolute Gasteiger partial charge is 0.378 e. The molecule has 0 saturated carbocycles. The number of aromatic nitrogens is 2. The number of carbonyl (C=O) groups excluding carboxylic acids is 1. The van der Waals surface area contributed by atoms with Crippen molar-refractivity contribution in [2.24, 2.45) is 5.10 Å². The van der Waals surface area contributed by atoms with Crippen molar-refractivity contribution >= 4 is 29.1 Å². The highest BCUT2D eigenvalue weighted by atomic mass is 32.2. The molecule has 8 heteroatoms. The first-order valence-corrected chi connectivity index (χ1v) is 12.3. The van der Waals surface area contributed by atoms with Crippen LogP contribution in [0.5, 0.6) is 0 Å². The summed E-state index contributed by atoms with van der Waals surface area (Å²) < 4.78 is 5.41. The molecule has 1 amide bonds. The number of amides is 1. The van der Waals surface area contributed by atoms with Gasteiger partial charge in [0.15, 0.2) is 5.16 Å². The van der Waals surface area contributed by atoms with E-state index in [0.29, 0.717) is 5.56 Å². The van der Waals surface area contributed by atoms with Crippen molar-refractivity contribution in [3.05, 3.63) is 82.7 Å². The second-order valence-electron chi connectivity index (χ2n) is 8.20. The number of thioether (sulfide) groups is 1. The molecule has 1 fully saturated rings. The summed E-state index contributed by atoms with van der Waals surface area (Å²) in [5, 5.41) is 5.06. The molecule has 3 aromatic rings. The van der Waals surface area contributed by atoms with Gasteiger partial charge in [-0.2, -0.15) is 5.10 Å². The Kier molecular flexibility index (Phi) is 7.92. The van der Waals surface area contributed by atoms with Crippen LogP contribution in [-0.2, 0) is 10.5 Å². The minimum Gasteiger partial charge on any atom is -0.378 e. The number of hydrogen-bond donors (Lipinski definition) is 1. The maximum Gasteiger partial charge on any atom is 0.271 e. The van der Waals surface area contributed by atoms with Crippen LogP contribution in [0.25, 0.3) is 0 Å². The highest BCUT2D eigenvalue weighted by molar-refractivity contribution is 7.98. The van der Waals surface area contributed by atoms with Crippen molar-refractivity contribution in [2.75, 3.05) is 31.2 Å². The number of rotatable bonds is 7. The van der Waals surface area contributed by atoms with Gasteiger partial charge in [-0.15, -0.1) is 0 Å². The number of hydrogen-bond acceptors (Lipinski definition) is 7. The number of aryl methyl sites for hydroxylation is 2. The number of anilines is 1. The van der Waals surface area contributed by atoms with Crippen LogP contribution in [0.2, 0.25) is 0 Å². The molecule has 34 heavy (non-hydrogen) atoms. The maximum absolute atomic E-state index is 12.5. The molecule has 7 nitrogen and oxygen atoms in total. The standard InChI is InChI=1S/C26H29N5O2S/c1-18-16-19(2)28-26(27-18)34-17-21-4-6-23(7-5-21)25(32)30-29-20(3)22-8-10-24(11-9-22)31-12-14-33-15-13-31/h4-11,16H,12-15,17H2,1-3H3,(H,30,32)/b29-20+. The number of hydrazone groups is 1. The number of nitrogens with one attached hydrogen (secondary N) is 1. The second-order valence-corrected chi connectivity index (χ2v) is 9.15. The zero-order chi connectivity index (χ0) is 23.9. The minimum atomic E-state index is -0.235. The summed E-state index contributed by atoms with van der Waals surface area (Å²) in [6.45, 7) is 9.15. The van der Waals surface area contributed by atoms with Crippen LogP contribution in [0.4, 0.5) is 5.69 Å². The van der Waals surface area contributed by atoms with Gasteiger partial charge in [0.2, 0.25) is 0 Å². The predicted molar refractivity (Wildman–Crippen MR) is 137 cm³/mol. The van der Waals surface area contributed by atoms with Gasteiger partial charge in [0.25, 0.3) is 5.91 Å². The molecule has 1 aliphatic rings. The molecule has 1 aliphatic heterocycles. The molecule has 0 atom stereocenters. The summed E-state index contributed by atoms with van der Waals surface area (Å²) in [4.78, 5) is 23.8. The lowest BCUT2D eigenvalue weighted by Gasteiger charge is -2.28. The van der Waals surface area contributed by atoms with E-state index in [9.17, 15) is 4.79 Å². The smallest absolute Gasteiger partial charge is 0.271 e. The average molecular weight is 476 g/mol. The molecule has 4 rings (SSSR count). The Morgan fingerprint density at radius 1 is 1.00 bits per heavy atom. The second kappa shape index (κ2) is 11.3. The summed E-state index contributed by atoms with van der Waals surface area (Å²) in [5.41, 5.74) is 9.15. The molecule has 0 radical (unpaired) electrons. The van der Waals surface area contributed by atoms with Gasteiger partial charge in [-0.1, -0.05) is 36.0 Å². The molecule has 1 aromatic heterocycles. The van der Waals surface area contributed by atoms with Gasteiger partial charge in [-0.05, 0) is 62.2 Å². The number of morpholine rings is 1.